The minimum atomic E-state index is -0.646. The monoisotopic (exact) mass is 148 g/mol. The van der Waals surface area contributed by atoms with Gasteiger partial charge in [0.15, 0.2) is 0 Å². The van der Waals surface area contributed by atoms with Crippen LogP contribution in [0.3, 0.4) is 0 Å². The van der Waals surface area contributed by atoms with E-state index in [2.05, 4.69) is 0 Å². The molecule has 0 aliphatic rings. The van der Waals surface area contributed by atoms with Crippen molar-refractivity contribution in [3.8, 4) is 0 Å². The van der Waals surface area contributed by atoms with E-state index in [0.717, 1.165) is 0 Å². The van der Waals surface area contributed by atoms with Gasteiger partial charge >= 0.3 is 0 Å². The molecule has 0 radical (unpaired) electrons. The molecule has 1 atom stereocenters. The van der Waals surface area contributed by atoms with Crippen molar-refractivity contribution in [2.75, 3.05) is 34.3 Å². The average Bonchev–Trinajstić information content (AvgIpc) is 1.87. The fourth-order valence-electron chi connectivity index (χ4n) is 0.526. The van der Waals surface area contributed by atoms with Crippen molar-refractivity contribution in [3.05, 3.63) is 0 Å². The molecule has 0 amide bonds. The van der Waals surface area contributed by atoms with E-state index in [-0.39, 0.29) is 6.61 Å². The first-order valence-electron chi connectivity index (χ1n) is 3.25. The highest BCUT2D eigenvalue weighted by molar-refractivity contribution is 4.55. The van der Waals surface area contributed by atoms with Gasteiger partial charge in [-0.3, -0.25) is 0 Å². The molecule has 4 heteroatoms. The standard InChI is InChI=1S/C6H16N2O2/c1-7(2)8(3)4-6(10)5-9/h6,9-10H,4-5H2,1-3H3. The number of hydrazine groups is 1. The summed E-state index contributed by atoms with van der Waals surface area (Å²) in [5.74, 6) is 0. The van der Waals surface area contributed by atoms with Gasteiger partial charge in [0.05, 0.1) is 12.7 Å². The van der Waals surface area contributed by atoms with Gasteiger partial charge in [-0.05, 0) is 0 Å². The van der Waals surface area contributed by atoms with Crippen molar-refractivity contribution < 1.29 is 10.2 Å². The van der Waals surface area contributed by atoms with Crippen molar-refractivity contribution in [2.45, 2.75) is 6.10 Å². The first-order valence-corrected chi connectivity index (χ1v) is 3.25. The van der Waals surface area contributed by atoms with E-state index in [4.69, 9.17) is 10.2 Å². The summed E-state index contributed by atoms with van der Waals surface area (Å²) >= 11 is 0. The number of rotatable bonds is 4. The first-order chi connectivity index (χ1) is 4.57. The van der Waals surface area contributed by atoms with Gasteiger partial charge in [-0.15, -0.1) is 0 Å². The zero-order valence-corrected chi connectivity index (χ0v) is 6.78. The molecule has 1 unspecified atom stereocenters. The molecule has 4 nitrogen and oxygen atoms in total. The van der Waals surface area contributed by atoms with Crippen LogP contribution in [0.15, 0.2) is 0 Å². The minimum absolute atomic E-state index is 0.182. The fourth-order valence-corrected chi connectivity index (χ4v) is 0.526. The van der Waals surface area contributed by atoms with Crippen molar-refractivity contribution >= 4 is 0 Å². The van der Waals surface area contributed by atoms with Gasteiger partial charge in [-0.1, -0.05) is 0 Å². The average molecular weight is 148 g/mol. The molecule has 0 rings (SSSR count). The third kappa shape index (κ3) is 3.79. The maximum absolute atomic E-state index is 8.96. The Bertz CT molecular complexity index is 87.8. The molecular weight excluding hydrogens is 132 g/mol. The summed E-state index contributed by atoms with van der Waals surface area (Å²) in [6.45, 7) is 0.279. The third-order valence-electron chi connectivity index (χ3n) is 1.37. The molecular formula is C6H16N2O2. The van der Waals surface area contributed by atoms with Gasteiger partial charge in [-0.2, -0.15) is 0 Å². The number of likely N-dealkylation sites (N-methyl/N-ethyl adjacent to an activating group) is 1. The maximum Gasteiger partial charge on any atom is 0.0911 e. The van der Waals surface area contributed by atoms with Crippen LogP contribution in [-0.4, -0.2) is 60.6 Å². The summed E-state index contributed by atoms with van der Waals surface area (Å²) in [6.07, 6.45) is -0.646. The number of hydrogen-bond acceptors (Lipinski definition) is 4. The summed E-state index contributed by atoms with van der Waals surface area (Å²) in [4.78, 5) is 0. The van der Waals surface area contributed by atoms with Crippen LogP contribution in [0.2, 0.25) is 0 Å². The predicted octanol–water partition coefficient (Wildman–Crippen LogP) is -1.25. The number of nitrogens with zero attached hydrogens (tertiary/aromatic N) is 2. The van der Waals surface area contributed by atoms with Crippen molar-refractivity contribution in [3.63, 3.8) is 0 Å². The Labute approximate surface area is 61.6 Å². The molecule has 10 heavy (non-hydrogen) atoms. The van der Waals surface area contributed by atoms with Crippen molar-refractivity contribution in [1.82, 2.24) is 10.0 Å². The molecule has 0 spiro atoms. The van der Waals surface area contributed by atoms with Crippen LogP contribution in [0.1, 0.15) is 0 Å². The van der Waals surface area contributed by atoms with Crippen LogP contribution >= 0.6 is 0 Å². The SMILES string of the molecule is CN(C)N(C)CC(O)CO. The summed E-state index contributed by atoms with van der Waals surface area (Å²) in [5.41, 5.74) is 0. The Hall–Kier alpha value is -0.160. The van der Waals surface area contributed by atoms with E-state index in [1.165, 1.54) is 0 Å². The van der Waals surface area contributed by atoms with Gasteiger partial charge < -0.3 is 10.2 Å². The molecule has 0 heterocycles. The lowest BCUT2D eigenvalue weighted by atomic mass is 10.4. The smallest absolute Gasteiger partial charge is 0.0911 e. The summed E-state index contributed by atoms with van der Waals surface area (Å²) < 4.78 is 0. The lowest BCUT2D eigenvalue weighted by Gasteiger charge is -2.25. The van der Waals surface area contributed by atoms with Crippen LogP contribution in [-0.2, 0) is 0 Å². The number of aliphatic hydroxyl groups excluding tert-OH is 2. The van der Waals surface area contributed by atoms with Crippen LogP contribution < -0.4 is 0 Å². The molecule has 0 bridgehead atoms. The second kappa shape index (κ2) is 4.62. The van der Waals surface area contributed by atoms with E-state index in [1.54, 1.807) is 0 Å². The fraction of sp³-hybridized carbons (Fsp3) is 1.00. The molecule has 0 saturated heterocycles. The Morgan fingerprint density at radius 1 is 1.30 bits per heavy atom. The second-order valence-electron chi connectivity index (χ2n) is 2.52. The van der Waals surface area contributed by atoms with E-state index in [9.17, 15) is 0 Å². The highest BCUT2D eigenvalue weighted by Gasteiger charge is 2.06. The van der Waals surface area contributed by atoms with E-state index in [1.807, 2.05) is 31.2 Å². The summed E-state index contributed by atoms with van der Waals surface area (Å²) in [7, 11) is 5.60. The van der Waals surface area contributed by atoms with Gasteiger partial charge in [0.1, 0.15) is 0 Å². The zero-order chi connectivity index (χ0) is 8.15. The number of hydrogen-bond donors (Lipinski definition) is 2. The second-order valence-corrected chi connectivity index (χ2v) is 2.52. The Balaban J connectivity index is 3.46. The molecule has 0 aromatic carbocycles. The molecule has 0 aliphatic heterocycles. The Morgan fingerprint density at radius 2 is 1.80 bits per heavy atom. The van der Waals surface area contributed by atoms with Gasteiger partial charge in [0.2, 0.25) is 0 Å². The maximum atomic E-state index is 8.96. The van der Waals surface area contributed by atoms with Crippen LogP contribution in [0.5, 0.6) is 0 Å². The molecule has 0 aliphatic carbocycles. The summed E-state index contributed by atoms with van der Waals surface area (Å²) in [6, 6.07) is 0. The van der Waals surface area contributed by atoms with E-state index in [0.29, 0.717) is 6.54 Å². The van der Waals surface area contributed by atoms with Gasteiger partial charge in [0, 0.05) is 27.7 Å². The molecule has 0 saturated carbocycles. The van der Waals surface area contributed by atoms with E-state index < -0.39 is 6.10 Å². The van der Waals surface area contributed by atoms with E-state index >= 15 is 0 Å². The normalized spacial score (nSPS) is 14.7. The molecule has 0 fully saturated rings. The molecule has 0 aromatic heterocycles. The molecule has 62 valence electrons. The van der Waals surface area contributed by atoms with Crippen molar-refractivity contribution in [1.29, 1.82) is 0 Å². The van der Waals surface area contributed by atoms with Crippen molar-refractivity contribution in [2.24, 2.45) is 0 Å². The molecule has 0 aromatic rings. The quantitative estimate of drug-likeness (QED) is 0.489. The predicted molar refractivity (Wildman–Crippen MR) is 39.4 cm³/mol. The Morgan fingerprint density at radius 3 is 2.10 bits per heavy atom. The zero-order valence-electron chi connectivity index (χ0n) is 6.78. The lowest BCUT2D eigenvalue weighted by molar-refractivity contribution is -0.0106. The topological polar surface area (TPSA) is 46.9 Å². The van der Waals surface area contributed by atoms with Crippen LogP contribution in [0.25, 0.3) is 0 Å². The van der Waals surface area contributed by atoms with Gasteiger partial charge in [0.25, 0.3) is 0 Å². The third-order valence-corrected chi connectivity index (χ3v) is 1.37. The highest BCUT2D eigenvalue weighted by atomic mass is 16.3. The molecule has 2 N–H and O–H groups in total. The Kier molecular flexibility index (Phi) is 4.55. The highest BCUT2D eigenvalue weighted by Crippen LogP contribution is 1.89. The number of aliphatic hydroxyl groups is 2. The van der Waals surface area contributed by atoms with Crippen LogP contribution in [0.4, 0.5) is 0 Å². The largest absolute Gasteiger partial charge is 0.394 e. The lowest BCUT2D eigenvalue weighted by Crippen LogP contribution is -2.39. The first kappa shape index (κ1) is 9.84. The van der Waals surface area contributed by atoms with Crippen LogP contribution in [0, 0.1) is 0 Å². The summed E-state index contributed by atoms with van der Waals surface area (Å²) in [5, 5.41) is 21.1. The van der Waals surface area contributed by atoms with Gasteiger partial charge in [-0.25, -0.2) is 10.0 Å². The minimum Gasteiger partial charge on any atom is -0.394 e.